The minimum atomic E-state index is 0.159. The first kappa shape index (κ1) is 13.9. The largest absolute Gasteiger partial charge is 0.336 e. The second kappa shape index (κ2) is 6.55. The molecule has 102 valence electrons. The van der Waals surface area contributed by atoms with Gasteiger partial charge in [0.1, 0.15) is 0 Å². The second-order valence-electron chi connectivity index (χ2n) is 5.33. The molecule has 0 bridgehead atoms. The average molecular weight is 257 g/mol. The lowest BCUT2D eigenvalue weighted by atomic mass is 10.00. The maximum atomic E-state index is 12.2. The molecule has 19 heavy (non-hydrogen) atoms. The molecular formula is C17H23NO. The highest BCUT2D eigenvalue weighted by atomic mass is 16.2. The molecule has 2 heteroatoms. The van der Waals surface area contributed by atoms with Gasteiger partial charge in [-0.25, -0.2) is 0 Å². The molecule has 1 aliphatic rings. The minimum Gasteiger partial charge on any atom is -0.336 e. The predicted octanol–water partition coefficient (Wildman–Crippen LogP) is 3.80. The van der Waals surface area contributed by atoms with Crippen LogP contribution in [0.4, 0.5) is 0 Å². The normalized spacial score (nSPS) is 19.9. The SMILES string of the molecule is CCC1CCCCN1C(=O)/C=C/c1ccc(C)cc1. The Balaban J connectivity index is 2.01. The van der Waals surface area contributed by atoms with Crippen molar-refractivity contribution in [2.24, 2.45) is 0 Å². The fourth-order valence-electron chi connectivity index (χ4n) is 2.66. The Morgan fingerprint density at radius 1 is 1.32 bits per heavy atom. The molecule has 1 aliphatic heterocycles. The summed E-state index contributed by atoms with van der Waals surface area (Å²) in [5, 5.41) is 0. The van der Waals surface area contributed by atoms with E-state index >= 15 is 0 Å². The third kappa shape index (κ3) is 3.69. The van der Waals surface area contributed by atoms with Crippen LogP contribution in [0.1, 0.15) is 43.7 Å². The van der Waals surface area contributed by atoms with Crippen molar-refractivity contribution in [3.05, 3.63) is 41.5 Å². The van der Waals surface area contributed by atoms with Gasteiger partial charge in [0, 0.05) is 18.7 Å². The van der Waals surface area contributed by atoms with Crippen molar-refractivity contribution >= 4 is 12.0 Å². The minimum absolute atomic E-state index is 0.159. The van der Waals surface area contributed by atoms with Crippen molar-refractivity contribution in [3.8, 4) is 0 Å². The summed E-state index contributed by atoms with van der Waals surface area (Å²) in [5.41, 5.74) is 2.33. The van der Waals surface area contributed by atoms with E-state index in [1.165, 1.54) is 12.0 Å². The number of amides is 1. The van der Waals surface area contributed by atoms with Gasteiger partial charge >= 0.3 is 0 Å². The second-order valence-corrected chi connectivity index (χ2v) is 5.33. The molecule has 1 aromatic rings. The highest BCUT2D eigenvalue weighted by Gasteiger charge is 2.23. The number of hydrogen-bond acceptors (Lipinski definition) is 1. The number of benzene rings is 1. The summed E-state index contributed by atoms with van der Waals surface area (Å²) in [7, 11) is 0. The smallest absolute Gasteiger partial charge is 0.246 e. The highest BCUT2D eigenvalue weighted by Crippen LogP contribution is 2.20. The summed E-state index contributed by atoms with van der Waals surface area (Å²) in [5.74, 6) is 0.159. The molecule has 1 unspecified atom stereocenters. The molecule has 0 spiro atoms. The van der Waals surface area contributed by atoms with Crippen LogP contribution in [-0.4, -0.2) is 23.4 Å². The van der Waals surface area contributed by atoms with Crippen molar-refractivity contribution in [3.63, 3.8) is 0 Å². The molecule has 2 nitrogen and oxygen atoms in total. The quantitative estimate of drug-likeness (QED) is 0.754. The van der Waals surface area contributed by atoms with Crippen LogP contribution >= 0.6 is 0 Å². The summed E-state index contributed by atoms with van der Waals surface area (Å²) in [6.45, 7) is 5.15. The first-order chi connectivity index (χ1) is 9.20. The molecule has 1 saturated heterocycles. The number of carbonyl (C=O) groups is 1. The van der Waals surface area contributed by atoms with Crippen molar-refractivity contribution in [2.45, 2.75) is 45.6 Å². The Morgan fingerprint density at radius 3 is 2.74 bits per heavy atom. The molecule has 0 aliphatic carbocycles. The summed E-state index contributed by atoms with van der Waals surface area (Å²) < 4.78 is 0. The van der Waals surface area contributed by atoms with Crippen LogP contribution < -0.4 is 0 Å². The first-order valence-corrected chi connectivity index (χ1v) is 7.26. The fourth-order valence-corrected chi connectivity index (χ4v) is 2.66. The first-order valence-electron chi connectivity index (χ1n) is 7.26. The van der Waals surface area contributed by atoms with E-state index in [2.05, 4.69) is 26.0 Å². The molecule has 1 atom stereocenters. The van der Waals surface area contributed by atoms with E-state index in [4.69, 9.17) is 0 Å². The average Bonchev–Trinajstić information content (AvgIpc) is 2.46. The van der Waals surface area contributed by atoms with Crippen LogP contribution in [-0.2, 0) is 4.79 Å². The van der Waals surface area contributed by atoms with Gasteiger partial charge in [0.15, 0.2) is 0 Å². The van der Waals surface area contributed by atoms with Gasteiger partial charge in [0.2, 0.25) is 5.91 Å². The van der Waals surface area contributed by atoms with Gasteiger partial charge in [-0.05, 0) is 44.2 Å². The van der Waals surface area contributed by atoms with Gasteiger partial charge < -0.3 is 4.90 Å². The number of likely N-dealkylation sites (tertiary alicyclic amines) is 1. The van der Waals surface area contributed by atoms with E-state index in [1.54, 1.807) is 6.08 Å². The number of rotatable bonds is 3. The van der Waals surface area contributed by atoms with Crippen LogP contribution in [0.15, 0.2) is 30.3 Å². The monoisotopic (exact) mass is 257 g/mol. The van der Waals surface area contributed by atoms with Crippen LogP contribution in [0.2, 0.25) is 0 Å². The van der Waals surface area contributed by atoms with E-state index in [0.29, 0.717) is 6.04 Å². The van der Waals surface area contributed by atoms with Gasteiger partial charge in [-0.1, -0.05) is 36.8 Å². The van der Waals surface area contributed by atoms with E-state index in [-0.39, 0.29) is 5.91 Å². The van der Waals surface area contributed by atoms with E-state index in [9.17, 15) is 4.79 Å². The standard InChI is InChI=1S/C17H23NO/c1-3-16-6-4-5-13-18(16)17(19)12-11-15-9-7-14(2)8-10-15/h7-12,16H,3-6,13H2,1-2H3/b12-11+. The van der Waals surface area contributed by atoms with Crippen LogP contribution in [0.3, 0.4) is 0 Å². The maximum Gasteiger partial charge on any atom is 0.246 e. The Bertz CT molecular complexity index is 447. The third-order valence-corrected chi connectivity index (χ3v) is 3.88. The molecule has 2 rings (SSSR count). The molecule has 1 amide bonds. The summed E-state index contributed by atoms with van der Waals surface area (Å²) >= 11 is 0. The number of aryl methyl sites for hydroxylation is 1. The lowest BCUT2D eigenvalue weighted by Gasteiger charge is -2.34. The topological polar surface area (TPSA) is 20.3 Å². The van der Waals surface area contributed by atoms with Gasteiger partial charge in [0.05, 0.1) is 0 Å². The predicted molar refractivity (Wildman–Crippen MR) is 79.9 cm³/mol. The highest BCUT2D eigenvalue weighted by molar-refractivity contribution is 5.92. The Hall–Kier alpha value is -1.57. The Morgan fingerprint density at radius 2 is 2.05 bits per heavy atom. The lowest BCUT2D eigenvalue weighted by molar-refractivity contribution is -0.129. The molecule has 0 N–H and O–H groups in total. The molecule has 0 aromatic heterocycles. The molecule has 1 heterocycles. The van der Waals surface area contributed by atoms with Gasteiger partial charge in [-0.15, -0.1) is 0 Å². The number of piperidine rings is 1. The zero-order valence-corrected chi connectivity index (χ0v) is 11.9. The van der Waals surface area contributed by atoms with Gasteiger partial charge in [0.25, 0.3) is 0 Å². The molecule has 0 radical (unpaired) electrons. The molecule has 1 fully saturated rings. The van der Waals surface area contributed by atoms with Crippen molar-refractivity contribution in [1.29, 1.82) is 0 Å². The van der Waals surface area contributed by atoms with E-state index in [1.807, 2.05) is 23.1 Å². The van der Waals surface area contributed by atoms with Crippen LogP contribution in [0.5, 0.6) is 0 Å². The molecule has 1 aromatic carbocycles. The summed E-state index contributed by atoms with van der Waals surface area (Å²) in [6.07, 6.45) is 8.25. The zero-order valence-electron chi connectivity index (χ0n) is 11.9. The fraction of sp³-hybridized carbons (Fsp3) is 0.471. The molecule has 0 saturated carbocycles. The maximum absolute atomic E-state index is 12.2. The van der Waals surface area contributed by atoms with Crippen molar-refractivity contribution < 1.29 is 4.79 Å². The molecular weight excluding hydrogens is 234 g/mol. The zero-order chi connectivity index (χ0) is 13.7. The number of nitrogens with zero attached hydrogens (tertiary/aromatic N) is 1. The third-order valence-electron chi connectivity index (χ3n) is 3.88. The number of hydrogen-bond donors (Lipinski definition) is 0. The Kier molecular flexibility index (Phi) is 4.78. The summed E-state index contributed by atoms with van der Waals surface area (Å²) in [4.78, 5) is 14.3. The Labute approximate surface area is 116 Å². The van der Waals surface area contributed by atoms with Crippen LogP contribution in [0, 0.1) is 6.92 Å². The number of carbonyl (C=O) groups excluding carboxylic acids is 1. The van der Waals surface area contributed by atoms with Gasteiger partial charge in [-0.2, -0.15) is 0 Å². The van der Waals surface area contributed by atoms with E-state index < -0.39 is 0 Å². The van der Waals surface area contributed by atoms with Gasteiger partial charge in [-0.3, -0.25) is 4.79 Å². The lowest BCUT2D eigenvalue weighted by Crippen LogP contribution is -2.42. The summed E-state index contributed by atoms with van der Waals surface area (Å²) in [6, 6.07) is 8.67. The van der Waals surface area contributed by atoms with Crippen LogP contribution in [0.25, 0.3) is 6.08 Å². The van der Waals surface area contributed by atoms with Crippen molar-refractivity contribution in [2.75, 3.05) is 6.54 Å². The van der Waals surface area contributed by atoms with Crippen molar-refractivity contribution in [1.82, 2.24) is 4.90 Å². The van der Waals surface area contributed by atoms with E-state index in [0.717, 1.165) is 31.4 Å².